The highest BCUT2D eigenvalue weighted by atomic mass is 32.1. The van der Waals surface area contributed by atoms with Crippen LogP contribution in [0.4, 0.5) is 0 Å². The predicted molar refractivity (Wildman–Crippen MR) is 136 cm³/mol. The van der Waals surface area contributed by atoms with Crippen LogP contribution in [0.2, 0.25) is 0 Å². The first kappa shape index (κ1) is 22.5. The molecule has 0 amide bonds. The number of ether oxygens (including phenoxy) is 3. The summed E-state index contributed by atoms with van der Waals surface area (Å²) in [6, 6.07) is 13.9. The molecule has 7 nitrogen and oxygen atoms in total. The molecule has 5 rings (SSSR count). The molecular formula is C26H29N3O4S. The van der Waals surface area contributed by atoms with E-state index < -0.39 is 0 Å². The van der Waals surface area contributed by atoms with E-state index in [2.05, 4.69) is 15.2 Å². The second-order valence-electron chi connectivity index (χ2n) is 8.90. The molecule has 1 aliphatic carbocycles. The molecule has 0 bridgehead atoms. The summed E-state index contributed by atoms with van der Waals surface area (Å²) >= 11 is 5.86. The van der Waals surface area contributed by atoms with E-state index in [1.807, 2.05) is 42.5 Å². The minimum Gasteiger partial charge on any atom is -0.497 e. The van der Waals surface area contributed by atoms with E-state index in [1.165, 1.54) is 19.3 Å². The van der Waals surface area contributed by atoms with Crippen LogP contribution in [0.5, 0.6) is 17.2 Å². The average molecular weight is 480 g/mol. The van der Waals surface area contributed by atoms with Crippen molar-refractivity contribution < 1.29 is 14.2 Å². The number of fused-ring (bicyclic) bond motifs is 2. The molecule has 0 saturated heterocycles. The first-order valence-electron chi connectivity index (χ1n) is 11.7. The monoisotopic (exact) mass is 479 g/mol. The molecule has 178 valence electrons. The van der Waals surface area contributed by atoms with Crippen molar-refractivity contribution in [3.63, 3.8) is 0 Å². The van der Waals surface area contributed by atoms with E-state index in [9.17, 15) is 4.79 Å². The molecule has 8 heteroatoms. The SMILES string of the molecule is COc1ccc2cc(CN(Cc3ccc4c(c3)OCO4)C(=S)NC3CCCCC3)c(=O)[nH]c2c1. The van der Waals surface area contributed by atoms with Gasteiger partial charge in [0.25, 0.3) is 5.56 Å². The zero-order valence-electron chi connectivity index (χ0n) is 19.3. The van der Waals surface area contributed by atoms with Crippen LogP contribution < -0.4 is 25.1 Å². The number of nitrogens with zero attached hydrogens (tertiary/aromatic N) is 1. The number of nitrogens with one attached hydrogen (secondary N) is 2. The molecule has 34 heavy (non-hydrogen) atoms. The van der Waals surface area contributed by atoms with Crippen LogP contribution in [0.15, 0.2) is 47.3 Å². The van der Waals surface area contributed by atoms with E-state index in [0.717, 1.165) is 40.8 Å². The fourth-order valence-corrected chi connectivity index (χ4v) is 4.94. The number of pyridine rings is 1. The van der Waals surface area contributed by atoms with Gasteiger partial charge in [-0.15, -0.1) is 0 Å². The standard InChI is InChI=1S/C26H29N3O4S/c1-31-21-9-8-18-12-19(25(30)28-22(18)13-21)15-29(26(34)27-20-5-3-2-4-6-20)14-17-7-10-23-24(11-17)33-16-32-23/h7-13,20H,2-6,14-16H2,1H3,(H,27,34)(H,28,30). The largest absolute Gasteiger partial charge is 0.497 e. The maximum absolute atomic E-state index is 13.0. The smallest absolute Gasteiger partial charge is 0.253 e. The van der Waals surface area contributed by atoms with Crippen molar-refractivity contribution in [2.45, 2.75) is 51.2 Å². The van der Waals surface area contributed by atoms with Gasteiger partial charge in [0, 0.05) is 24.2 Å². The number of rotatable bonds is 6. The van der Waals surface area contributed by atoms with Gasteiger partial charge in [-0.2, -0.15) is 0 Å². The minimum absolute atomic E-state index is 0.128. The Hall–Kier alpha value is -3.26. The first-order chi connectivity index (χ1) is 16.6. The van der Waals surface area contributed by atoms with Gasteiger partial charge >= 0.3 is 0 Å². The van der Waals surface area contributed by atoms with Gasteiger partial charge in [-0.3, -0.25) is 4.79 Å². The summed E-state index contributed by atoms with van der Waals surface area (Å²) in [6.07, 6.45) is 5.96. The number of aromatic nitrogens is 1. The van der Waals surface area contributed by atoms with Gasteiger partial charge in [0.1, 0.15) is 5.75 Å². The van der Waals surface area contributed by atoms with Gasteiger partial charge in [-0.05, 0) is 66.3 Å². The third-order valence-corrected chi connectivity index (χ3v) is 6.90. The Bertz CT molecular complexity index is 1250. The van der Waals surface area contributed by atoms with Gasteiger partial charge in [-0.25, -0.2) is 0 Å². The maximum atomic E-state index is 13.0. The van der Waals surface area contributed by atoms with Crippen molar-refractivity contribution in [2.24, 2.45) is 0 Å². The second-order valence-corrected chi connectivity index (χ2v) is 9.29. The zero-order valence-corrected chi connectivity index (χ0v) is 20.1. The molecule has 0 spiro atoms. The summed E-state index contributed by atoms with van der Waals surface area (Å²) in [5, 5.41) is 5.17. The molecule has 3 aromatic rings. The molecule has 1 aromatic heterocycles. The van der Waals surface area contributed by atoms with Gasteiger partial charge in [-0.1, -0.05) is 25.3 Å². The van der Waals surface area contributed by atoms with E-state index in [1.54, 1.807) is 7.11 Å². The van der Waals surface area contributed by atoms with Crippen molar-refractivity contribution >= 4 is 28.2 Å². The van der Waals surface area contributed by atoms with Crippen LogP contribution in [0.1, 0.15) is 43.2 Å². The van der Waals surface area contributed by atoms with Gasteiger partial charge in [0.2, 0.25) is 6.79 Å². The lowest BCUT2D eigenvalue weighted by molar-refractivity contribution is 0.174. The summed E-state index contributed by atoms with van der Waals surface area (Å²) in [7, 11) is 1.61. The molecule has 1 fully saturated rings. The summed E-state index contributed by atoms with van der Waals surface area (Å²) in [4.78, 5) is 18.0. The Labute approximate surface area is 204 Å². The van der Waals surface area contributed by atoms with Crippen LogP contribution in [-0.4, -0.2) is 34.9 Å². The Morgan fingerprint density at radius 3 is 2.74 bits per heavy atom. The van der Waals surface area contributed by atoms with Crippen molar-refractivity contribution in [3.8, 4) is 17.2 Å². The van der Waals surface area contributed by atoms with Crippen molar-refractivity contribution in [1.29, 1.82) is 0 Å². The van der Waals surface area contributed by atoms with Crippen LogP contribution in [0, 0.1) is 0 Å². The lowest BCUT2D eigenvalue weighted by Gasteiger charge is -2.31. The van der Waals surface area contributed by atoms with Gasteiger partial charge in [0.05, 0.1) is 19.2 Å². The van der Waals surface area contributed by atoms with Crippen LogP contribution in [0.25, 0.3) is 10.9 Å². The number of thiocarbonyl (C=S) groups is 1. The number of aromatic amines is 1. The fourth-order valence-electron chi connectivity index (χ4n) is 4.65. The van der Waals surface area contributed by atoms with Crippen LogP contribution >= 0.6 is 12.2 Å². The molecular weight excluding hydrogens is 450 g/mol. The summed E-state index contributed by atoms with van der Waals surface area (Å²) in [5.41, 5.74) is 2.32. The number of methoxy groups -OCH3 is 1. The fraction of sp³-hybridized carbons (Fsp3) is 0.385. The first-order valence-corrected chi connectivity index (χ1v) is 12.1. The molecule has 1 aliphatic heterocycles. The molecule has 2 aromatic carbocycles. The Balaban J connectivity index is 1.41. The molecule has 2 aliphatic rings. The van der Waals surface area contributed by atoms with E-state index >= 15 is 0 Å². The number of benzene rings is 2. The highest BCUT2D eigenvalue weighted by molar-refractivity contribution is 7.80. The van der Waals surface area contributed by atoms with Gasteiger partial charge < -0.3 is 29.4 Å². The second kappa shape index (κ2) is 9.93. The molecule has 0 atom stereocenters. The Kier molecular flexibility index (Phi) is 6.58. The predicted octanol–water partition coefficient (Wildman–Crippen LogP) is 4.47. The topological polar surface area (TPSA) is 75.8 Å². The normalized spacial score (nSPS) is 15.3. The number of hydrogen-bond donors (Lipinski definition) is 2. The summed E-state index contributed by atoms with van der Waals surface area (Å²) in [6.45, 7) is 1.18. The van der Waals surface area contributed by atoms with Crippen molar-refractivity contribution in [3.05, 3.63) is 63.9 Å². The van der Waals surface area contributed by atoms with Crippen LogP contribution in [-0.2, 0) is 13.1 Å². The number of hydrogen-bond acceptors (Lipinski definition) is 5. The van der Waals surface area contributed by atoms with E-state index in [0.29, 0.717) is 35.6 Å². The number of H-pyrrole nitrogens is 1. The van der Waals surface area contributed by atoms with E-state index in [-0.39, 0.29) is 12.4 Å². The van der Waals surface area contributed by atoms with Crippen LogP contribution in [0.3, 0.4) is 0 Å². The summed E-state index contributed by atoms with van der Waals surface area (Å²) in [5.74, 6) is 2.19. The van der Waals surface area contributed by atoms with E-state index in [4.69, 9.17) is 26.4 Å². The summed E-state index contributed by atoms with van der Waals surface area (Å²) < 4.78 is 16.3. The zero-order chi connectivity index (χ0) is 23.5. The average Bonchev–Trinajstić information content (AvgIpc) is 3.32. The maximum Gasteiger partial charge on any atom is 0.253 e. The quantitative estimate of drug-likeness (QED) is 0.505. The molecule has 0 unspecified atom stereocenters. The lowest BCUT2D eigenvalue weighted by Crippen LogP contribution is -2.45. The van der Waals surface area contributed by atoms with Gasteiger partial charge in [0.15, 0.2) is 16.6 Å². The lowest BCUT2D eigenvalue weighted by atomic mass is 9.96. The third-order valence-electron chi connectivity index (χ3n) is 6.52. The Morgan fingerprint density at radius 1 is 1.09 bits per heavy atom. The molecule has 2 N–H and O–H groups in total. The van der Waals surface area contributed by atoms with Crippen molar-refractivity contribution in [2.75, 3.05) is 13.9 Å². The molecule has 2 heterocycles. The molecule has 0 radical (unpaired) electrons. The Morgan fingerprint density at radius 2 is 1.91 bits per heavy atom. The minimum atomic E-state index is -0.128. The van der Waals surface area contributed by atoms with Crippen molar-refractivity contribution in [1.82, 2.24) is 15.2 Å². The molecule has 1 saturated carbocycles. The third kappa shape index (κ3) is 4.97. The highest BCUT2D eigenvalue weighted by Crippen LogP contribution is 2.33. The highest BCUT2D eigenvalue weighted by Gasteiger charge is 2.20.